The lowest BCUT2D eigenvalue weighted by molar-refractivity contribution is 0.141. The van der Waals surface area contributed by atoms with Crippen LogP contribution in [0.25, 0.3) is 10.1 Å². The standard InChI is InChI=1S/C19H15NO2S/c21-19(22-13-15-7-2-1-3-8-15)20-12-6-9-16-14-23-18-11-5-4-10-17(16)18/h1-5,7-8,10-11,14H,12-13H2,(H,20,21). The van der Waals surface area contributed by atoms with Gasteiger partial charge in [-0.3, -0.25) is 0 Å². The molecule has 2 aromatic carbocycles. The summed E-state index contributed by atoms with van der Waals surface area (Å²) in [6.07, 6.45) is -0.460. The number of hydrogen-bond acceptors (Lipinski definition) is 3. The van der Waals surface area contributed by atoms with Gasteiger partial charge >= 0.3 is 6.09 Å². The SMILES string of the molecule is O=C(NCC#Cc1csc2ccccc12)OCc1ccccc1. The predicted octanol–water partition coefficient (Wildman–Crippen LogP) is 4.18. The van der Waals surface area contributed by atoms with Crippen LogP contribution in [0.15, 0.2) is 60.0 Å². The molecule has 0 unspecified atom stereocenters. The number of thiophene rings is 1. The molecule has 0 saturated carbocycles. The van der Waals surface area contributed by atoms with Crippen LogP contribution in [0.4, 0.5) is 4.79 Å². The average Bonchev–Trinajstić information content (AvgIpc) is 3.01. The van der Waals surface area contributed by atoms with Gasteiger partial charge in [0.15, 0.2) is 0 Å². The summed E-state index contributed by atoms with van der Waals surface area (Å²) in [5.41, 5.74) is 1.95. The number of carbonyl (C=O) groups is 1. The molecular formula is C19H15NO2S. The monoisotopic (exact) mass is 321 g/mol. The second-order valence-electron chi connectivity index (χ2n) is 4.86. The van der Waals surface area contributed by atoms with Gasteiger partial charge < -0.3 is 10.1 Å². The number of alkyl carbamates (subject to hydrolysis) is 1. The maximum absolute atomic E-state index is 11.6. The third kappa shape index (κ3) is 4.12. The summed E-state index contributed by atoms with van der Waals surface area (Å²) in [6, 6.07) is 17.7. The summed E-state index contributed by atoms with van der Waals surface area (Å²) < 4.78 is 6.33. The van der Waals surface area contributed by atoms with Gasteiger partial charge in [-0.2, -0.15) is 0 Å². The Kier molecular flexibility index (Phi) is 4.92. The third-order valence-electron chi connectivity index (χ3n) is 3.24. The van der Waals surface area contributed by atoms with E-state index in [0.29, 0.717) is 0 Å². The number of benzene rings is 2. The lowest BCUT2D eigenvalue weighted by atomic mass is 10.2. The molecule has 0 radical (unpaired) electrons. The topological polar surface area (TPSA) is 38.3 Å². The third-order valence-corrected chi connectivity index (χ3v) is 4.20. The van der Waals surface area contributed by atoms with Crippen LogP contribution in [-0.2, 0) is 11.3 Å². The van der Waals surface area contributed by atoms with Crippen LogP contribution in [0.5, 0.6) is 0 Å². The van der Waals surface area contributed by atoms with E-state index in [1.807, 2.05) is 47.8 Å². The number of ether oxygens (including phenoxy) is 1. The lowest BCUT2D eigenvalue weighted by Crippen LogP contribution is -2.24. The molecule has 0 saturated heterocycles. The van der Waals surface area contributed by atoms with Gasteiger partial charge in [-0.15, -0.1) is 11.3 Å². The van der Waals surface area contributed by atoms with Crippen LogP contribution in [0.3, 0.4) is 0 Å². The Balaban J connectivity index is 1.49. The number of carbonyl (C=O) groups excluding carboxylic acids is 1. The first kappa shape index (κ1) is 15.1. The molecule has 1 aromatic heterocycles. The fourth-order valence-corrected chi connectivity index (χ4v) is 3.00. The molecule has 0 aliphatic rings. The minimum Gasteiger partial charge on any atom is -0.445 e. The number of fused-ring (bicyclic) bond motifs is 1. The van der Waals surface area contributed by atoms with Crippen LogP contribution in [0.1, 0.15) is 11.1 Å². The van der Waals surface area contributed by atoms with Crippen molar-refractivity contribution < 1.29 is 9.53 Å². The molecule has 0 atom stereocenters. The van der Waals surface area contributed by atoms with Crippen molar-refractivity contribution in [1.29, 1.82) is 0 Å². The van der Waals surface area contributed by atoms with Crippen molar-refractivity contribution in [2.24, 2.45) is 0 Å². The molecule has 114 valence electrons. The van der Waals surface area contributed by atoms with Crippen molar-refractivity contribution in [3.63, 3.8) is 0 Å². The molecule has 23 heavy (non-hydrogen) atoms. The first-order valence-electron chi connectivity index (χ1n) is 7.22. The second kappa shape index (κ2) is 7.48. The van der Waals surface area contributed by atoms with Crippen molar-refractivity contribution in [2.45, 2.75) is 6.61 Å². The highest BCUT2D eigenvalue weighted by atomic mass is 32.1. The maximum atomic E-state index is 11.6. The summed E-state index contributed by atoms with van der Waals surface area (Å²) in [5.74, 6) is 6.04. The Morgan fingerprint density at radius 2 is 1.87 bits per heavy atom. The van der Waals surface area contributed by atoms with Gasteiger partial charge in [-0.1, -0.05) is 60.4 Å². The van der Waals surface area contributed by atoms with Crippen molar-refractivity contribution in [3.8, 4) is 11.8 Å². The smallest absolute Gasteiger partial charge is 0.408 e. The Bertz CT molecular complexity index is 859. The number of nitrogens with one attached hydrogen (secondary N) is 1. The van der Waals surface area contributed by atoms with Crippen LogP contribution in [0, 0.1) is 11.8 Å². The van der Waals surface area contributed by atoms with E-state index in [1.54, 1.807) is 11.3 Å². The molecular weight excluding hydrogens is 306 g/mol. The summed E-state index contributed by atoms with van der Waals surface area (Å²) in [6.45, 7) is 0.521. The summed E-state index contributed by atoms with van der Waals surface area (Å²) in [4.78, 5) is 11.6. The van der Waals surface area contributed by atoms with E-state index in [1.165, 1.54) is 4.70 Å². The first-order valence-corrected chi connectivity index (χ1v) is 8.10. The van der Waals surface area contributed by atoms with Gasteiger partial charge in [0, 0.05) is 21.0 Å². The molecule has 0 fully saturated rings. The minimum atomic E-state index is -0.460. The van der Waals surface area contributed by atoms with Crippen LogP contribution < -0.4 is 5.32 Å². The van der Waals surface area contributed by atoms with Gasteiger partial charge in [0.25, 0.3) is 0 Å². The van der Waals surface area contributed by atoms with Crippen LogP contribution in [0.2, 0.25) is 0 Å². The van der Waals surface area contributed by atoms with Gasteiger partial charge in [0.05, 0.1) is 6.54 Å². The first-order chi connectivity index (χ1) is 11.3. The molecule has 1 N–H and O–H groups in total. The fraction of sp³-hybridized carbons (Fsp3) is 0.105. The zero-order chi connectivity index (χ0) is 15.9. The number of rotatable bonds is 3. The zero-order valence-corrected chi connectivity index (χ0v) is 13.2. The van der Waals surface area contributed by atoms with Crippen LogP contribution in [-0.4, -0.2) is 12.6 Å². The molecule has 0 aliphatic heterocycles. The van der Waals surface area contributed by atoms with Gasteiger partial charge in [0.1, 0.15) is 6.61 Å². The van der Waals surface area contributed by atoms with Crippen molar-refractivity contribution in [1.82, 2.24) is 5.32 Å². The van der Waals surface area contributed by atoms with Crippen molar-refractivity contribution in [3.05, 3.63) is 71.1 Å². The van der Waals surface area contributed by atoms with Crippen LogP contribution >= 0.6 is 11.3 Å². The molecule has 1 heterocycles. The highest BCUT2D eigenvalue weighted by molar-refractivity contribution is 7.17. The average molecular weight is 321 g/mol. The summed E-state index contributed by atoms with van der Waals surface area (Å²) in [7, 11) is 0. The van der Waals surface area contributed by atoms with E-state index in [0.717, 1.165) is 16.5 Å². The van der Waals surface area contributed by atoms with Crippen molar-refractivity contribution in [2.75, 3.05) is 6.54 Å². The van der Waals surface area contributed by atoms with E-state index in [2.05, 4.69) is 29.3 Å². The van der Waals surface area contributed by atoms with E-state index in [9.17, 15) is 4.79 Å². The quantitative estimate of drug-likeness (QED) is 0.735. The van der Waals surface area contributed by atoms with E-state index < -0.39 is 6.09 Å². The maximum Gasteiger partial charge on any atom is 0.408 e. The van der Waals surface area contributed by atoms with E-state index in [4.69, 9.17) is 4.74 Å². The molecule has 1 amide bonds. The Morgan fingerprint density at radius 1 is 1.09 bits per heavy atom. The number of hydrogen-bond donors (Lipinski definition) is 1. The molecule has 0 spiro atoms. The molecule has 3 nitrogen and oxygen atoms in total. The lowest BCUT2D eigenvalue weighted by Gasteiger charge is -2.04. The predicted molar refractivity (Wildman–Crippen MR) is 93.3 cm³/mol. The normalized spacial score (nSPS) is 9.91. The molecule has 0 bridgehead atoms. The highest BCUT2D eigenvalue weighted by Crippen LogP contribution is 2.24. The molecule has 3 rings (SSSR count). The van der Waals surface area contributed by atoms with Gasteiger partial charge in [-0.25, -0.2) is 4.79 Å². The highest BCUT2D eigenvalue weighted by Gasteiger charge is 2.01. The Labute approximate surface area is 138 Å². The largest absolute Gasteiger partial charge is 0.445 e. The minimum absolute atomic E-state index is 0.259. The molecule has 0 aliphatic carbocycles. The number of amides is 1. The second-order valence-corrected chi connectivity index (χ2v) is 5.77. The van der Waals surface area contributed by atoms with E-state index >= 15 is 0 Å². The molecule has 4 heteroatoms. The molecule has 3 aromatic rings. The summed E-state index contributed by atoms with van der Waals surface area (Å²) >= 11 is 1.67. The fourth-order valence-electron chi connectivity index (χ4n) is 2.10. The summed E-state index contributed by atoms with van der Waals surface area (Å²) in [5, 5.41) is 5.81. The zero-order valence-electron chi connectivity index (χ0n) is 12.4. The van der Waals surface area contributed by atoms with Gasteiger partial charge in [-0.05, 0) is 11.6 Å². The Morgan fingerprint density at radius 3 is 2.74 bits per heavy atom. The van der Waals surface area contributed by atoms with E-state index in [-0.39, 0.29) is 13.2 Å². The van der Waals surface area contributed by atoms with Gasteiger partial charge in [0.2, 0.25) is 0 Å². The Hall–Kier alpha value is -2.77. The van der Waals surface area contributed by atoms with Crippen molar-refractivity contribution >= 4 is 27.5 Å².